The van der Waals surface area contributed by atoms with Crippen LogP contribution in [0, 0.1) is 5.82 Å². The number of methoxy groups -OCH3 is 1. The lowest BCUT2D eigenvalue weighted by atomic mass is 10.1. The molecule has 0 saturated carbocycles. The van der Waals surface area contributed by atoms with E-state index in [9.17, 15) is 18.8 Å². The number of halogens is 2. The molecular formula is C13H10ClFN2O4. The maximum atomic E-state index is 13.8. The number of carbonyl (C=O) groups is 1. The quantitative estimate of drug-likeness (QED) is 0.862. The van der Waals surface area contributed by atoms with Crippen molar-refractivity contribution in [2.45, 2.75) is 6.54 Å². The summed E-state index contributed by atoms with van der Waals surface area (Å²) < 4.78 is 19.3. The van der Waals surface area contributed by atoms with Gasteiger partial charge in [-0.15, -0.1) is 0 Å². The average molecular weight is 313 g/mol. The van der Waals surface area contributed by atoms with E-state index >= 15 is 0 Å². The number of carbonyl (C=O) groups excluding carboxylic acids is 1. The fourth-order valence-corrected chi connectivity index (χ4v) is 1.89. The molecule has 1 aromatic heterocycles. The highest BCUT2D eigenvalue weighted by atomic mass is 35.5. The summed E-state index contributed by atoms with van der Waals surface area (Å²) in [6.07, 6.45) is 1.16. The third-order valence-electron chi connectivity index (χ3n) is 2.76. The Balaban J connectivity index is 2.35. The minimum Gasteiger partial charge on any atom is -0.465 e. The summed E-state index contributed by atoms with van der Waals surface area (Å²) >= 11 is 5.63. The standard InChI is InChI=1S/C13H10ClFN2O4/c1-21-12(19)8-3-2-7(4-10(8)15)5-17-6-9(14)11(18)16-13(17)20/h2-4,6H,5H2,1H3,(H,16,18,20). The number of hydrogen-bond acceptors (Lipinski definition) is 4. The van der Waals surface area contributed by atoms with E-state index in [0.29, 0.717) is 5.56 Å². The number of esters is 1. The first-order valence-corrected chi connectivity index (χ1v) is 6.16. The van der Waals surface area contributed by atoms with Gasteiger partial charge in [-0.05, 0) is 17.7 Å². The molecule has 0 amide bonds. The van der Waals surface area contributed by atoms with Gasteiger partial charge >= 0.3 is 11.7 Å². The van der Waals surface area contributed by atoms with Crippen molar-refractivity contribution in [1.82, 2.24) is 9.55 Å². The van der Waals surface area contributed by atoms with Gasteiger partial charge in [0.15, 0.2) is 0 Å². The molecule has 1 heterocycles. The van der Waals surface area contributed by atoms with Gasteiger partial charge in [0.1, 0.15) is 10.8 Å². The number of hydrogen-bond donors (Lipinski definition) is 1. The molecule has 2 aromatic rings. The highest BCUT2D eigenvalue weighted by Gasteiger charge is 2.12. The lowest BCUT2D eigenvalue weighted by Gasteiger charge is -2.07. The van der Waals surface area contributed by atoms with Gasteiger partial charge in [-0.2, -0.15) is 0 Å². The van der Waals surface area contributed by atoms with Crippen LogP contribution in [0.5, 0.6) is 0 Å². The van der Waals surface area contributed by atoms with Gasteiger partial charge in [0.05, 0.1) is 19.2 Å². The smallest absolute Gasteiger partial charge is 0.340 e. The predicted molar refractivity (Wildman–Crippen MR) is 73.2 cm³/mol. The fraction of sp³-hybridized carbons (Fsp3) is 0.154. The van der Waals surface area contributed by atoms with Crippen molar-refractivity contribution < 1.29 is 13.9 Å². The number of ether oxygens (including phenoxy) is 1. The number of aromatic amines is 1. The van der Waals surface area contributed by atoms with E-state index in [1.165, 1.54) is 12.1 Å². The van der Waals surface area contributed by atoms with E-state index in [4.69, 9.17) is 11.6 Å². The van der Waals surface area contributed by atoms with Gasteiger partial charge in [0.25, 0.3) is 5.56 Å². The Labute approximate surface area is 122 Å². The maximum absolute atomic E-state index is 13.8. The van der Waals surface area contributed by atoms with Crippen molar-refractivity contribution in [2.24, 2.45) is 0 Å². The normalized spacial score (nSPS) is 10.4. The predicted octanol–water partition coefficient (Wildman–Crippen LogP) is 1.16. The summed E-state index contributed by atoms with van der Waals surface area (Å²) in [6, 6.07) is 3.84. The molecule has 0 aliphatic rings. The van der Waals surface area contributed by atoms with Crippen LogP contribution >= 0.6 is 11.6 Å². The number of nitrogens with zero attached hydrogens (tertiary/aromatic N) is 1. The van der Waals surface area contributed by atoms with Gasteiger partial charge in [-0.25, -0.2) is 14.0 Å². The van der Waals surface area contributed by atoms with Gasteiger partial charge in [-0.3, -0.25) is 14.3 Å². The van der Waals surface area contributed by atoms with Crippen LogP contribution in [0.3, 0.4) is 0 Å². The highest BCUT2D eigenvalue weighted by Crippen LogP contribution is 2.12. The molecule has 2 rings (SSSR count). The lowest BCUT2D eigenvalue weighted by Crippen LogP contribution is -2.30. The van der Waals surface area contributed by atoms with E-state index in [1.807, 2.05) is 4.98 Å². The summed E-state index contributed by atoms with van der Waals surface area (Å²) in [7, 11) is 1.15. The first-order chi connectivity index (χ1) is 9.92. The number of aromatic nitrogens is 2. The van der Waals surface area contributed by atoms with Gasteiger partial charge in [0, 0.05) is 6.20 Å². The van der Waals surface area contributed by atoms with Crippen LogP contribution < -0.4 is 11.2 Å². The zero-order valence-corrected chi connectivity index (χ0v) is 11.6. The molecule has 0 fully saturated rings. The second-order valence-corrected chi connectivity index (χ2v) is 4.58. The Bertz CT molecular complexity index is 813. The molecule has 1 N–H and O–H groups in total. The van der Waals surface area contributed by atoms with Crippen molar-refractivity contribution in [1.29, 1.82) is 0 Å². The van der Waals surface area contributed by atoms with E-state index < -0.39 is 23.0 Å². The van der Waals surface area contributed by atoms with Gasteiger partial charge in [-0.1, -0.05) is 17.7 Å². The summed E-state index contributed by atoms with van der Waals surface area (Å²) in [5.41, 5.74) is -1.13. The van der Waals surface area contributed by atoms with E-state index in [-0.39, 0.29) is 17.1 Å². The van der Waals surface area contributed by atoms with Crippen LogP contribution in [0.1, 0.15) is 15.9 Å². The van der Waals surface area contributed by atoms with Gasteiger partial charge < -0.3 is 4.74 Å². The largest absolute Gasteiger partial charge is 0.465 e. The molecule has 0 bridgehead atoms. The molecule has 8 heteroatoms. The summed E-state index contributed by atoms with van der Waals surface area (Å²) in [4.78, 5) is 36.0. The molecule has 0 atom stereocenters. The molecule has 110 valence electrons. The molecule has 0 aliphatic heterocycles. The number of benzene rings is 1. The number of rotatable bonds is 3. The Kier molecular flexibility index (Phi) is 4.23. The Morgan fingerprint density at radius 2 is 2.14 bits per heavy atom. The minimum absolute atomic E-state index is 0.00624. The Morgan fingerprint density at radius 1 is 1.43 bits per heavy atom. The summed E-state index contributed by atoms with van der Waals surface area (Å²) in [5.74, 6) is -1.55. The van der Waals surface area contributed by atoms with Crippen molar-refractivity contribution in [3.05, 3.63) is 67.2 Å². The number of H-pyrrole nitrogens is 1. The van der Waals surface area contributed by atoms with E-state index in [2.05, 4.69) is 4.74 Å². The first kappa shape index (κ1) is 15.0. The fourth-order valence-electron chi connectivity index (χ4n) is 1.73. The third kappa shape index (κ3) is 3.19. The molecule has 0 saturated heterocycles. The number of nitrogens with one attached hydrogen (secondary N) is 1. The minimum atomic E-state index is -0.789. The molecule has 0 aliphatic carbocycles. The average Bonchev–Trinajstić information content (AvgIpc) is 2.44. The monoisotopic (exact) mass is 312 g/mol. The van der Waals surface area contributed by atoms with Crippen LogP contribution in [0.2, 0.25) is 5.02 Å². The van der Waals surface area contributed by atoms with Crippen molar-refractivity contribution >= 4 is 17.6 Å². The molecular weight excluding hydrogens is 303 g/mol. The SMILES string of the molecule is COC(=O)c1ccc(Cn2cc(Cl)c(=O)[nH]c2=O)cc1F. The summed E-state index contributed by atoms with van der Waals surface area (Å²) in [5, 5.41) is -0.152. The molecule has 0 spiro atoms. The molecule has 6 nitrogen and oxygen atoms in total. The highest BCUT2D eigenvalue weighted by molar-refractivity contribution is 6.30. The molecule has 0 radical (unpaired) electrons. The zero-order chi connectivity index (χ0) is 15.6. The molecule has 0 unspecified atom stereocenters. The molecule has 21 heavy (non-hydrogen) atoms. The van der Waals surface area contributed by atoms with Crippen molar-refractivity contribution in [3.63, 3.8) is 0 Å². The van der Waals surface area contributed by atoms with Crippen LogP contribution in [-0.4, -0.2) is 22.6 Å². The topological polar surface area (TPSA) is 81.2 Å². The van der Waals surface area contributed by atoms with Crippen molar-refractivity contribution in [2.75, 3.05) is 7.11 Å². The lowest BCUT2D eigenvalue weighted by molar-refractivity contribution is 0.0595. The summed E-state index contributed by atoms with van der Waals surface area (Å²) in [6.45, 7) is -0.00624. The van der Waals surface area contributed by atoms with E-state index in [1.54, 1.807) is 0 Å². The second-order valence-electron chi connectivity index (χ2n) is 4.17. The van der Waals surface area contributed by atoms with Crippen LogP contribution in [0.15, 0.2) is 34.0 Å². The molecule has 1 aromatic carbocycles. The second kappa shape index (κ2) is 5.92. The third-order valence-corrected chi connectivity index (χ3v) is 3.03. The van der Waals surface area contributed by atoms with E-state index in [0.717, 1.165) is 23.9 Å². The van der Waals surface area contributed by atoms with Gasteiger partial charge in [0.2, 0.25) is 0 Å². The van der Waals surface area contributed by atoms with Crippen molar-refractivity contribution in [3.8, 4) is 0 Å². The maximum Gasteiger partial charge on any atom is 0.340 e. The first-order valence-electron chi connectivity index (χ1n) is 5.78. The van der Waals surface area contributed by atoms with Crippen LogP contribution in [0.4, 0.5) is 4.39 Å². The van der Waals surface area contributed by atoms with Crippen LogP contribution in [-0.2, 0) is 11.3 Å². The zero-order valence-electron chi connectivity index (χ0n) is 10.9. The Hall–Kier alpha value is -2.41. The Morgan fingerprint density at radius 3 is 2.76 bits per heavy atom. The van der Waals surface area contributed by atoms with Crippen LogP contribution in [0.25, 0.3) is 0 Å².